The SMILES string of the molecule is CCCCCC(=O)Nc1cc(C=CC(=O)O)ccc1OC. The van der Waals surface area contributed by atoms with E-state index >= 15 is 0 Å². The van der Waals surface area contributed by atoms with Gasteiger partial charge in [0.25, 0.3) is 0 Å². The summed E-state index contributed by atoms with van der Waals surface area (Å²) in [4.78, 5) is 22.4. The molecular formula is C16H21NO4. The summed E-state index contributed by atoms with van der Waals surface area (Å²) in [5.41, 5.74) is 1.23. The molecule has 2 N–H and O–H groups in total. The minimum absolute atomic E-state index is 0.0684. The summed E-state index contributed by atoms with van der Waals surface area (Å²) in [5.74, 6) is -0.539. The minimum atomic E-state index is -1.02. The molecule has 0 aliphatic rings. The van der Waals surface area contributed by atoms with E-state index in [-0.39, 0.29) is 5.91 Å². The lowest BCUT2D eigenvalue weighted by Crippen LogP contribution is -2.12. The van der Waals surface area contributed by atoms with Gasteiger partial charge < -0.3 is 15.2 Å². The summed E-state index contributed by atoms with van der Waals surface area (Å²) in [7, 11) is 1.52. The molecule has 1 rings (SSSR count). The number of unbranched alkanes of at least 4 members (excludes halogenated alkanes) is 2. The van der Waals surface area contributed by atoms with Crippen LogP contribution >= 0.6 is 0 Å². The Labute approximate surface area is 124 Å². The predicted molar refractivity (Wildman–Crippen MR) is 82.4 cm³/mol. The Morgan fingerprint density at radius 1 is 1.33 bits per heavy atom. The van der Waals surface area contributed by atoms with E-state index in [0.29, 0.717) is 23.4 Å². The number of hydrogen-bond donors (Lipinski definition) is 2. The van der Waals surface area contributed by atoms with Crippen molar-refractivity contribution in [2.45, 2.75) is 32.6 Å². The molecule has 1 aromatic rings. The monoisotopic (exact) mass is 291 g/mol. The van der Waals surface area contributed by atoms with Gasteiger partial charge in [-0.1, -0.05) is 25.8 Å². The van der Waals surface area contributed by atoms with Gasteiger partial charge in [-0.3, -0.25) is 4.79 Å². The number of benzene rings is 1. The van der Waals surface area contributed by atoms with Gasteiger partial charge in [0.1, 0.15) is 5.75 Å². The molecule has 1 amide bonds. The fourth-order valence-corrected chi connectivity index (χ4v) is 1.84. The van der Waals surface area contributed by atoms with Crippen molar-refractivity contribution in [1.29, 1.82) is 0 Å². The Balaban J connectivity index is 2.80. The van der Waals surface area contributed by atoms with Crippen molar-refractivity contribution in [2.24, 2.45) is 0 Å². The van der Waals surface area contributed by atoms with Crippen LogP contribution in [0, 0.1) is 0 Å². The second kappa shape index (κ2) is 8.79. The molecule has 0 aliphatic heterocycles. The number of carboxylic acid groups (broad SMARTS) is 1. The van der Waals surface area contributed by atoms with E-state index < -0.39 is 5.97 Å². The quantitative estimate of drug-likeness (QED) is 0.569. The van der Waals surface area contributed by atoms with Gasteiger partial charge in [0.15, 0.2) is 0 Å². The first-order chi connectivity index (χ1) is 10.1. The van der Waals surface area contributed by atoms with Gasteiger partial charge in [-0.15, -0.1) is 0 Å². The van der Waals surface area contributed by atoms with Gasteiger partial charge in [-0.05, 0) is 30.2 Å². The van der Waals surface area contributed by atoms with Crippen LogP contribution in [0.5, 0.6) is 5.75 Å². The largest absolute Gasteiger partial charge is 0.495 e. The lowest BCUT2D eigenvalue weighted by molar-refractivity contribution is -0.131. The van der Waals surface area contributed by atoms with Crippen LogP contribution in [0.2, 0.25) is 0 Å². The molecule has 0 saturated heterocycles. The highest BCUT2D eigenvalue weighted by Gasteiger charge is 2.08. The van der Waals surface area contributed by atoms with Crippen LogP contribution in [0.15, 0.2) is 24.3 Å². The first-order valence-corrected chi connectivity index (χ1v) is 6.95. The molecule has 0 heterocycles. The molecule has 0 atom stereocenters. The van der Waals surface area contributed by atoms with E-state index in [4.69, 9.17) is 9.84 Å². The van der Waals surface area contributed by atoms with Crippen molar-refractivity contribution in [1.82, 2.24) is 0 Å². The van der Waals surface area contributed by atoms with Crippen LogP contribution in [-0.2, 0) is 9.59 Å². The van der Waals surface area contributed by atoms with Crippen molar-refractivity contribution in [3.05, 3.63) is 29.8 Å². The summed E-state index contributed by atoms with van der Waals surface area (Å²) in [6.07, 6.45) is 5.91. The van der Waals surface area contributed by atoms with Crippen LogP contribution in [-0.4, -0.2) is 24.1 Å². The fourth-order valence-electron chi connectivity index (χ4n) is 1.84. The highest BCUT2D eigenvalue weighted by Crippen LogP contribution is 2.26. The van der Waals surface area contributed by atoms with Crippen LogP contribution in [0.1, 0.15) is 38.2 Å². The number of nitrogens with one attached hydrogen (secondary N) is 1. The zero-order valence-corrected chi connectivity index (χ0v) is 12.4. The topological polar surface area (TPSA) is 75.6 Å². The summed E-state index contributed by atoms with van der Waals surface area (Å²) < 4.78 is 5.20. The highest BCUT2D eigenvalue weighted by atomic mass is 16.5. The third kappa shape index (κ3) is 6.12. The zero-order chi connectivity index (χ0) is 15.7. The summed E-state index contributed by atoms with van der Waals surface area (Å²) in [6, 6.07) is 5.12. The number of aliphatic carboxylic acids is 1. The molecular weight excluding hydrogens is 270 g/mol. The second-order valence-corrected chi connectivity index (χ2v) is 4.64. The van der Waals surface area contributed by atoms with E-state index in [1.807, 2.05) is 0 Å². The van der Waals surface area contributed by atoms with Gasteiger partial charge in [-0.2, -0.15) is 0 Å². The van der Waals surface area contributed by atoms with E-state index in [1.165, 1.54) is 13.2 Å². The van der Waals surface area contributed by atoms with E-state index in [0.717, 1.165) is 25.3 Å². The molecule has 1 aromatic carbocycles. The Hall–Kier alpha value is -2.30. The van der Waals surface area contributed by atoms with Crippen LogP contribution in [0.4, 0.5) is 5.69 Å². The molecule has 0 unspecified atom stereocenters. The van der Waals surface area contributed by atoms with E-state index in [2.05, 4.69) is 12.2 Å². The molecule has 5 nitrogen and oxygen atoms in total. The normalized spacial score (nSPS) is 10.6. The van der Waals surface area contributed by atoms with E-state index in [1.54, 1.807) is 18.2 Å². The third-order valence-electron chi connectivity index (χ3n) is 2.92. The molecule has 0 aliphatic carbocycles. The summed E-state index contributed by atoms with van der Waals surface area (Å²) >= 11 is 0. The van der Waals surface area contributed by atoms with Gasteiger partial charge in [0.2, 0.25) is 5.91 Å². The van der Waals surface area contributed by atoms with Gasteiger partial charge in [0, 0.05) is 12.5 Å². The Kier molecular flexibility index (Phi) is 7.01. The van der Waals surface area contributed by atoms with Gasteiger partial charge in [-0.25, -0.2) is 4.79 Å². The Morgan fingerprint density at radius 2 is 2.10 bits per heavy atom. The maximum atomic E-state index is 11.9. The number of ether oxygens (including phenoxy) is 1. The zero-order valence-electron chi connectivity index (χ0n) is 12.4. The molecule has 114 valence electrons. The Bertz CT molecular complexity index is 523. The lowest BCUT2D eigenvalue weighted by Gasteiger charge is -2.11. The Morgan fingerprint density at radius 3 is 2.71 bits per heavy atom. The summed E-state index contributed by atoms with van der Waals surface area (Å²) in [6.45, 7) is 2.08. The fraction of sp³-hybridized carbons (Fsp3) is 0.375. The minimum Gasteiger partial charge on any atom is -0.495 e. The van der Waals surface area contributed by atoms with Crippen LogP contribution in [0.3, 0.4) is 0 Å². The standard InChI is InChI=1S/C16H21NO4/c1-3-4-5-6-15(18)17-13-11-12(8-10-16(19)20)7-9-14(13)21-2/h7-11H,3-6H2,1-2H3,(H,17,18)(H,19,20). The molecule has 0 saturated carbocycles. The number of carbonyl (C=O) groups is 2. The van der Waals surface area contributed by atoms with Crippen molar-refractivity contribution < 1.29 is 19.4 Å². The lowest BCUT2D eigenvalue weighted by atomic mass is 10.1. The molecule has 21 heavy (non-hydrogen) atoms. The van der Waals surface area contributed by atoms with Crippen molar-refractivity contribution >= 4 is 23.6 Å². The predicted octanol–water partition coefficient (Wildman–Crippen LogP) is 3.31. The highest BCUT2D eigenvalue weighted by molar-refractivity contribution is 5.93. The van der Waals surface area contributed by atoms with Crippen LogP contribution in [0.25, 0.3) is 6.08 Å². The number of hydrogen-bond acceptors (Lipinski definition) is 3. The van der Waals surface area contributed by atoms with Crippen molar-refractivity contribution in [3.63, 3.8) is 0 Å². The number of amides is 1. The number of anilines is 1. The third-order valence-corrected chi connectivity index (χ3v) is 2.92. The van der Waals surface area contributed by atoms with Crippen molar-refractivity contribution in [3.8, 4) is 5.75 Å². The maximum absolute atomic E-state index is 11.9. The number of methoxy groups -OCH3 is 1. The van der Waals surface area contributed by atoms with Crippen molar-refractivity contribution in [2.75, 3.05) is 12.4 Å². The van der Waals surface area contributed by atoms with E-state index in [9.17, 15) is 9.59 Å². The average molecular weight is 291 g/mol. The molecule has 0 fully saturated rings. The molecule has 0 aromatic heterocycles. The van der Waals surface area contributed by atoms with Crippen LogP contribution < -0.4 is 10.1 Å². The maximum Gasteiger partial charge on any atom is 0.328 e. The van der Waals surface area contributed by atoms with Gasteiger partial charge in [0.05, 0.1) is 12.8 Å². The number of carboxylic acids is 1. The smallest absolute Gasteiger partial charge is 0.328 e. The summed E-state index contributed by atoms with van der Waals surface area (Å²) in [5, 5.41) is 11.4. The average Bonchev–Trinajstić information content (AvgIpc) is 2.45. The number of rotatable bonds is 8. The molecule has 5 heteroatoms. The number of carbonyl (C=O) groups excluding carboxylic acids is 1. The first-order valence-electron chi connectivity index (χ1n) is 6.95. The molecule has 0 radical (unpaired) electrons. The first kappa shape index (κ1) is 16.8. The molecule has 0 bridgehead atoms. The van der Waals surface area contributed by atoms with Gasteiger partial charge >= 0.3 is 5.97 Å². The molecule has 0 spiro atoms. The second-order valence-electron chi connectivity index (χ2n) is 4.64.